The van der Waals surface area contributed by atoms with Crippen LogP contribution in [0.4, 0.5) is 15.4 Å². The van der Waals surface area contributed by atoms with E-state index in [1.165, 1.54) is 30.6 Å². The number of imidazole rings is 1. The average Bonchev–Trinajstić information content (AvgIpc) is 3.18. The monoisotopic (exact) mass is 440 g/mol. The van der Waals surface area contributed by atoms with Gasteiger partial charge < -0.3 is 16.0 Å². The normalized spacial score (nSPS) is 11.5. The zero-order chi connectivity index (χ0) is 22.0. The van der Waals surface area contributed by atoms with Crippen LogP contribution in [0.5, 0.6) is 0 Å². The Bertz CT molecular complexity index is 1370. The molecule has 31 heavy (non-hydrogen) atoms. The minimum absolute atomic E-state index is 0.169. The Morgan fingerprint density at radius 3 is 2.61 bits per heavy atom. The molecule has 4 aromatic rings. The zero-order valence-electron chi connectivity index (χ0n) is 16.0. The molecule has 0 saturated carbocycles. The molecule has 0 aliphatic rings. The van der Waals surface area contributed by atoms with Crippen molar-refractivity contribution in [2.24, 2.45) is 0 Å². The molecule has 4 rings (SSSR count). The summed E-state index contributed by atoms with van der Waals surface area (Å²) in [6, 6.07) is 12.4. The number of benzene rings is 2. The van der Waals surface area contributed by atoms with E-state index in [1.807, 2.05) is 6.07 Å². The van der Waals surface area contributed by atoms with Crippen molar-refractivity contribution in [1.29, 1.82) is 0 Å². The lowest BCUT2D eigenvalue weighted by atomic mass is 10.1. The van der Waals surface area contributed by atoms with E-state index in [2.05, 4.69) is 25.3 Å². The van der Waals surface area contributed by atoms with Crippen molar-refractivity contribution in [3.8, 4) is 11.4 Å². The topological polar surface area (TPSA) is 144 Å². The Labute approximate surface area is 176 Å². The number of nitrogens with zero attached hydrogens (tertiary/aromatic N) is 3. The highest BCUT2D eigenvalue weighted by Crippen LogP contribution is 2.24. The second-order valence-corrected chi connectivity index (χ2v) is 8.10. The molecule has 0 bridgehead atoms. The van der Waals surface area contributed by atoms with E-state index in [-0.39, 0.29) is 12.3 Å². The number of aromatic nitrogens is 4. The van der Waals surface area contributed by atoms with Crippen LogP contribution in [0.1, 0.15) is 12.0 Å². The molecular formula is C20H17FN6O3S. The molecule has 0 radical (unpaired) electrons. The van der Waals surface area contributed by atoms with Crippen molar-refractivity contribution in [3.63, 3.8) is 0 Å². The molecule has 11 heteroatoms. The third-order valence-corrected chi connectivity index (χ3v) is 5.42. The van der Waals surface area contributed by atoms with E-state index < -0.39 is 15.1 Å². The van der Waals surface area contributed by atoms with Gasteiger partial charge in [0.15, 0.2) is 11.5 Å². The fraction of sp³-hybridized carbons (Fsp3) is 0.100. The SMILES string of the molecule is Nc1ncnc2nc(-c3cccc(NC(=O)CCc4ccc(S(=O)(=O)F)cc4)c3)[nH]c12. The summed E-state index contributed by atoms with van der Waals surface area (Å²) in [4.78, 5) is 27.4. The predicted octanol–water partition coefficient (Wildman–Crippen LogP) is 2.83. The number of nitrogens with one attached hydrogen (secondary N) is 2. The molecule has 0 atom stereocenters. The number of anilines is 2. The van der Waals surface area contributed by atoms with Crippen LogP contribution in [0, 0.1) is 0 Å². The summed E-state index contributed by atoms with van der Waals surface area (Å²) >= 11 is 0. The van der Waals surface area contributed by atoms with Gasteiger partial charge in [-0.25, -0.2) is 15.0 Å². The van der Waals surface area contributed by atoms with Gasteiger partial charge in [-0.1, -0.05) is 24.3 Å². The molecule has 2 aromatic heterocycles. The summed E-state index contributed by atoms with van der Waals surface area (Å²) in [6.45, 7) is 0. The molecule has 158 valence electrons. The Morgan fingerprint density at radius 2 is 1.90 bits per heavy atom. The van der Waals surface area contributed by atoms with Crippen molar-refractivity contribution < 1.29 is 17.1 Å². The Hall–Kier alpha value is -3.86. The van der Waals surface area contributed by atoms with E-state index in [0.29, 0.717) is 34.9 Å². The first-order chi connectivity index (χ1) is 14.8. The number of hydrogen-bond acceptors (Lipinski definition) is 7. The van der Waals surface area contributed by atoms with Crippen molar-refractivity contribution in [3.05, 3.63) is 60.4 Å². The predicted molar refractivity (Wildman–Crippen MR) is 113 cm³/mol. The van der Waals surface area contributed by atoms with Crippen LogP contribution < -0.4 is 11.1 Å². The molecule has 2 heterocycles. The highest BCUT2D eigenvalue weighted by molar-refractivity contribution is 7.86. The molecule has 0 aliphatic carbocycles. The smallest absolute Gasteiger partial charge is 0.332 e. The van der Waals surface area contributed by atoms with Crippen LogP contribution in [0.25, 0.3) is 22.6 Å². The summed E-state index contributed by atoms with van der Waals surface area (Å²) in [5.74, 6) is 0.616. The number of amides is 1. The van der Waals surface area contributed by atoms with Crippen molar-refractivity contribution >= 4 is 38.8 Å². The first kappa shape index (κ1) is 20.4. The largest absolute Gasteiger partial charge is 0.382 e. The van der Waals surface area contributed by atoms with Crippen molar-refractivity contribution in [2.75, 3.05) is 11.1 Å². The summed E-state index contributed by atoms with van der Waals surface area (Å²) in [7, 11) is -4.73. The van der Waals surface area contributed by atoms with Gasteiger partial charge in [-0.2, -0.15) is 8.42 Å². The number of fused-ring (bicyclic) bond motifs is 1. The van der Waals surface area contributed by atoms with Crippen LogP contribution in [0.15, 0.2) is 59.8 Å². The summed E-state index contributed by atoms with van der Waals surface area (Å²) < 4.78 is 34.7. The second-order valence-electron chi connectivity index (χ2n) is 6.75. The van der Waals surface area contributed by atoms with Crippen LogP contribution in [0.3, 0.4) is 0 Å². The van der Waals surface area contributed by atoms with Crippen LogP contribution in [-0.2, 0) is 21.4 Å². The summed E-state index contributed by atoms with van der Waals surface area (Å²) in [5.41, 5.74) is 8.85. The van der Waals surface area contributed by atoms with E-state index in [4.69, 9.17) is 5.73 Å². The number of carbonyl (C=O) groups is 1. The van der Waals surface area contributed by atoms with Crippen molar-refractivity contribution in [1.82, 2.24) is 19.9 Å². The second kappa shape index (κ2) is 8.11. The highest BCUT2D eigenvalue weighted by atomic mass is 32.3. The number of nitrogens with two attached hydrogens (primary N) is 1. The van der Waals surface area contributed by atoms with Gasteiger partial charge in [0.05, 0.1) is 4.90 Å². The van der Waals surface area contributed by atoms with Crippen LogP contribution in [-0.4, -0.2) is 34.3 Å². The van der Waals surface area contributed by atoms with Gasteiger partial charge in [-0.15, -0.1) is 3.89 Å². The third kappa shape index (κ3) is 4.67. The molecule has 0 saturated heterocycles. The fourth-order valence-corrected chi connectivity index (χ4v) is 3.49. The maximum Gasteiger partial charge on any atom is 0.332 e. The summed E-state index contributed by atoms with van der Waals surface area (Å²) in [6.07, 6.45) is 1.88. The third-order valence-electron chi connectivity index (χ3n) is 4.58. The first-order valence-electron chi connectivity index (χ1n) is 9.20. The molecule has 0 spiro atoms. The maximum absolute atomic E-state index is 12.9. The standard InChI is InChI=1S/C20H17FN6O3S/c21-31(29,30)15-7-4-12(5-8-15)6-9-16(28)25-14-3-1-2-13(10-14)19-26-17-18(22)23-11-24-20(17)27-19/h1-5,7-8,10-11H,6,9H2,(H,25,28)(H3,22,23,24,26,27). The van der Waals surface area contributed by atoms with E-state index in [1.54, 1.807) is 18.2 Å². The molecule has 9 nitrogen and oxygen atoms in total. The number of carbonyl (C=O) groups excluding carboxylic acids is 1. The van der Waals surface area contributed by atoms with Gasteiger partial charge in [-0.3, -0.25) is 4.79 Å². The highest BCUT2D eigenvalue weighted by Gasteiger charge is 2.12. The number of hydrogen-bond donors (Lipinski definition) is 3. The molecule has 0 aliphatic heterocycles. The number of aryl methyl sites for hydroxylation is 1. The van der Waals surface area contributed by atoms with Crippen LogP contribution in [0.2, 0.25) is 0 Å². The minimum Gasteiger partial charge on any atom is -0.382 e. The Balaban J connectivity index is 1.42. The van der Waals surface area contributed by atoms with Gasteiger partial charge in [0.25, 0.3) is 0 Å². The summed E-state index contributed by atoms with van der Waals surface area (Å²) in [5, 5.41) is 2.81. The number of aromatic amines is 1. The van der Waals surface area contributed by atoms with Gasteiger partial charge >= 0.3 is 10.2 Å². The van der Waals surface area contributed by atoms with Gasteiger partial charge in [0, 0.05) is 17.7 Å². The lowest BCUT2D eigenvalue weighted by Crippen LogP contribution is -2.12. The molecule has 1 amide bonds. The molecular weight excluding hydrogens is 423 g/mol. The van der Waals surface area contributed by atoms with Crippen LogP contribution >= 0.6 is 0 Å². The Morgan fingerprint density at radius 1 is 1.13 bits per heavy atom. The average molecular weight is 440 g/mol. The molecule has 2 aromatic carbocycles. The number of rotatable bonds is 6. The van der Waals surface area contributed by atoms with E-state index >= 15 is 0 Å². The van der Waals surface area contributed by atoms with E-state index in [0.717, 1.165) is 11.1 Å². The fourth-order valence-electron chi connectivity index (χ4n) is 3.03. The molecule has 4 N–H and O–H groups in total. The molecule has 0 unspecified atom stereocenters. The number of halogens is 1. The minimum atomic E-state index is -4.73. The van der Waals surface area contributed by atoms with Gasteiger partial charge in [0.2, 0.25) is 5.91 Å². The van der Waals surface area contributed by atoms with Gasteiger partial charge in [0.1, 0.15) is 17.7 Å². The lowest BCUT2D eigenvalue weighted by molar-refractivity contribution is -0.116. The van der Waals surface area contributed by atoms with Crippen molar-refractivity contribution in [2.45, 2.75) is 17.7 Å². The number of H-pyrrole nitrogens is 1. The zero-order valence-corrected chi connectivity index (χ0v) is 16.9. The quantitative estimate of drug-likeness (QED) is 0.391. The Kier molecular flexibility index (Phi) is 5.34. The maximum atomic E-state index is 12.9. The molecule has 0 fully saturated rings. The first-order valence-corrected chi connectivity index (χ1v) is 10.6. The lowest BCUT2D eigenvalue weighted by Gasteiger charge is -2.07. The van der Waals surface area contributed by atoms with E-state index in [9.17, 15) is 17.1 Å². The van der Waals surface area contributed by atoms with Gasteiger partial charge in [-0.05, 0) is 36.2 Å². The number of nitrogen functional groups attached to an aromatic ring is 1.